The maximum atomic E-state index is 11.1. The van der Waals surface area contributed by atoms with E-state index < -0.39 is 11.9 Å². The van der Waals surface area contributed by atoms with Crippen molar-refractivity contribution < 1.29 is 19.4 Å². The minimum Gasteiger partial charge on any atom is -0.481 e. The molecule has 5 nitrogen and oxygen atoms in total. The van der Waals surface area contributed by atoms with E-state index in [-0.39, 0.29) is 5.75 Å². The molecule has 0 aliphatic heterocycles. The fourth-order valence-electron chi connectivity index (χ4n) is 0.991. The molecule has 1 aromatic rings. The zero-order valence-corrected chi connectivity index (χ0v) is 9.49. The zero-order chi connectivity index (χ0) is 12.0. The summed E-state index contributed by atoms with van der Waals surface area (Å²) in [6.07, 6.45) is 1.42. The summed E-state index contributed by atoms with van der Waals surface area (Å²) >= 11 is 1.26. The molecule has 16 heavy (non-hydrogen) atoms. The Morgan fingerprint density at radius 2 is 2.25 bits per heavy atom. The molecule has 0 saturated carbocycles. The average Bonchev–Trinajstić information content (AvgIpc) is 2.28. The van der Waals surface area contributed by atoms with Crippen LogP contribution in [0.25, 0.3) is 0 Å². The van der Waals surface area contributed by atoms with Crippen molar-refractivity contribution >= 4 is 23.7 Å². The monoisotopic (exact) mass is 241 g/mol. The van der Waals surface area contributed by atoms with Crippen LogP contribution in [0.2, 0.25) is 0 Å². The Balaban J connectivity index is 2.51. The summed E-state index contributed by atoms with van der Waals surface area (Å²) in [6, 6.07) is 3.29. The number of rotatable bonds is 5. The third kappa shape index (κ3) is 3.90. The molecule has 0 aliphatic carbocycles. The molecule has 1 heterocycles. The summed E-state index contributed by atoms with van der Waals surface area (Å²) in [6.45, 7) is 0. The highest BCUT2D eigenvalue weighted by Crippen LogP contribution is 2.10. The molecule has 0 amide bonds. The first-order valence-electron chi connectivity index (χ1n) is 4.46. The number of nitrogens with zero attached hydrogens (tertiary/aromatic N) is 1. The maximum Gasteiger partial charge on any atom is 0.339 e. The summed E-state index contributed by atoms with van der Waals surface area (Å²) in [7, 11) is 1.30. The number of thioether (sulfide) groups is 1. The molecule has 0 unspecified atom stereocenters. The van der Waals surface area contributed by atoms with Crippen LogP contribution in [0.3, 0.4) is 0 Å². The first-order valence-corrected chi connectivity index (χ1v) is 5.61. The van der Waals surface area contributed by atoms with Gasteiger partial charge in [0.1, 0.15) is 0 Å². The number of carboxylic acids is 1. The van der Waals surface area contributed by atoms with E-state index in [0.29, 0.717) is 11.3 Å². The number of carbonyl (C=O) groups excluding carboxylic acids is 1. The van der Waals surface area contributed by atoms with Gasteiger partial charge in [0.15, 0.2) is 0 Å². The standard InChI is InChI=1S/C10H11NO4S/c1-15-10(14)7-2-3-8(11-4-7)5-16-6-9(12)13/h2-4H,5-6H2,1H3,(H,12,13). The van der Waals surface area contributed by atoms with E-state index in [9.17, 15) is 9.59 Å². The summed E-state index contributed by atoms with van der Waals surface area (Å²) in [5.74, 6) is -0.734. The third-order valence-corrected chi connectivity index (χ3v) is 2.67. The van der Waals surface area contributed by atoms with Crippen molar-refractivity contribution in [2.75, 3.05) is 12.9 Å². The molecule has 6 heteroatoms. The fourth-order valence-corrected chi connectivity index (χ4v) is 1.65. The molecule has 0 atom stereocenters. The average molecular weight is 241 g/mol. The number of pyridine rings is 1. The molecule has 0 saturated heterocycles. The van der Waals surface area contributed by atoms with Crippen molar-refractivity contribution in [2.45, 2.75) is 5.75 Å². The van der Waals surface area contributed by atoms with E-state index in [1.807, 2.05) is 0 Å². The Kier molecular flexibility index (Phi) is 4.78. The second-order valence-corrected chi connectivity index (χ2v) is 3.90. The lowest BCUT2D eigenvalue weighted by Crippen LogP contribution is -2.03. The Morgan fingerprint density at radius 1 is 1.50 bits per heavy atom. The van der Waals surface area contributed by atoms with Gasteiger partial charge in [0, 0.05) is 11.9 Å². The van der Waals surface area contributed by atoms with Crippen molar-refractivity contribution in [1.29, 1.82) is 0 Å². The molecule has 0 spiro atoms. The lowest BCUT2D eigenvalue weighted by molar-refractivity contribution is -0.133. The number of carbonyl (C=O) groups is 2. The fraction of sp³-hybridized carbons (Fsp3) is 0.300. The molecule has 1 rings (SSSR count). The van der Waals surface area contributed by atoms with Gasteiger partial charge in [-0.15, -0.1) is 11.8 Å². The van der Waals surface area contributed by atoms with Crippen LogP contribution in [0.15, 0.2) is 18.3 Å². The molecule has 0 aromatic carbocycles. The maximum absolute atomic E-state index is 11.1. The first-order chi connectivity index (χ1) is 7.63. The number of hydrogen-bond donors (Lipinski definition) is 1. The highest BCUT2D eigenvalue weighted by atomic mass is 32.2. The predicted molar refractivity (Wildman–Crippen MR) is 59.4 cm³/mol. The van der Waals surface area contributed by atoms with Gasteiger partial charge in [0.25, 0.3) is 0 Å². The highest BCUT2D eigenvalue weighted by molar-refractivity contribution is 7.99. The number of esters is 1. The number of carboxylic acid groups (broad SMARTS) is 1. The van der Waals surface area contributed by atoms with Crippen molar-refractivity contribution in [3.05, 3.63) is 29.6 Å². The van der Waals surface area contributed by atoms with Gasteiger partial charge in [-0.1, -0.05) is 0 Å². The summed E-state index contributed by atoms with van der Waals surface area (Å²) < 4.78 is 4.53. The number of hydrogen-bond acceptors (Lipinski definition) is 5. The molecule has 1 N–H and O–H groups in total. The Labute approximate surface area is 96.8 Å². The van der Waals surface area contributed by atoms with Crippen molar-refractivity contribution in [1.82, 2.24) is 4.98 Å². The van der Waals surface area contributed by atoms with Crippen LogP contribution in [-0.4, -0.2) is 34.9 Å². The molecule has 0 bridgehead atoms. The minimum absolute atomic E-state index is 0.0421. The molecule has 86 valence electrons. The normalized spacial score (nSPS) is 9.81. The van der Waals surface area contributed by atoms with E-state index >= 15 is 0 Å². The van der Waals surface area contributed by atoms with Gasteiger partial charge < -0.3 is 9.84 Å². The van der Waals surface area contributed by atoms with Crippen LogP contribution < -0.4 is 0 Å². The summed E-state index contributed by atoms with van der Waals surface area (Å²) in [4.78, 5) is 25.4. The van der Waals surface area contributed by atoms with Crippen LogP contribution in [0.4, 0.5) is 0 Å². The van der Waals surface area contributed by atoms with E-state index in [2.05, 4.69) is 9.72 Å². The lowest BCUT2D eigenvalue weighted by Gasteiger charge is -2.01. The second kappa shape index (κ2) is 6.12. The van der Waals surface area contributed by atoms with Gasteiger partial charge in [0.05, 0.1) is 24.1 Å². The van der Waals surface area contributed by atoms with Gasteiger partial charge in [-0.2, -0.15) is 0 Å². The molecule has 0 radical (unpaired) electrons. The Bertz CT molecular complexity index is 377. The minimum atomic E-state index is -0.851. The van der Waals surface area contributed by atoms with Crippen LogP contribution in [0.1, 0.15) is 16.1 Å². The van der Waals surface area contributed by atoms with Crippen LogP contribution in [-0.2, 0) is 15.3 Å². The van der Waals surface area contributed by atoms with Crippen LogP contribution in [0, 0.1) is 0 Å². The van der Waals surface area contributed by atoms with Gasteiger partial charge in [-0.05, 0) is 12.1 Å². The van der Waals surface area contributed by atoms with E-state index in [4.69, 9.17) is 5.11 Å². The third-order valence-electron chi connectivity index (χ3n) is 1.72. The molecule has 0 fully saturated rings. The van der Waals surface area contributed by atoms with Gasteiger partial charge >= 0.3 is 11.9 Å². The summed E-state index contributed by atoms with van der Waals surface area (Å²) in [5, 5.41) is 8.44. The second-order valence-electron chi connectivity index (χ2n) is 2.92. The smallest absolute Gasteiger partial charge is 0.339 e. The van der Waals surface area contributed by atoms with E-state index in [0.717, 1.165) is 5.69 Å². The Morgan fingerprint density at radius 3 is 2.75 bits per heavy atom. The van der Waals surface area contributed by atoms with E-state index in [1.54, 1.807) is 12.1 Å². The first kappa shape index (κ1) is 12.5. The number of ether oxygens (including phenoxy) is 1. The predicted octanol–water partition coefficient (Wildman–Crippen LogP) is 1.19. The zero-order valence-electron chi connectivity index (χ0n) is 8.67. The van der Waals surface area contributed by atoms with E-state index in [1.165, 1.54) is 25.1 Å². The Hall–Kier alpha value is -1.56. The molecular weight excluding hydrogens is 230 g/mol. The van der Waals surface area contributed by atoms with Crippen LogP contribution >= 0.6 is 11.8 Å². The van der Waals surface area contributed by atoms with Gasteiger partial charge in [-0.3, -0.25) is 9.78 Å². The number of aliphatic carboxylic acids is 1. The molecule has 0 aliphatic rings. The number of aromatic nitrogens is 1. The number of methoxy groups -OCH3 is 1. The van der Waals surface area contributed by atoms with Crippen molar-refractivity contribution in [3.63, 3.8) is 0 Å². The summed E-state index contributed by atoms with van der Waals surface area (Å²) in [5.41, 5.74) is 1.12. The van der Waals surface area contributed by atoms with Crippen molar-refractivity contribution in [3.8, 4) is 0 Å². The van der Waals surface area contributed by atoms with Crippen LogP contribution in [0.5, 0.6) is 0 Å². The largest absolute Gasteiger partial charge is 0.481 e. The SMILES string of the molecule is COC(=O)c1ccc(CSCC(=O)O)nc1. The molecular formula is C10H11NO4S. The topological polar surface area (TPSA) is 76.5 Å². The highest BCUT2D eigenvalue weighted by Gasteiger charge is 2.05. The van der Waals surface area contributed by atoms with Crippen molar-refractivity contribution in [2.24, 2.45) is 0 Å². The lowest BCUT2D eigenvalue weighted by atomic mass is 10.2. The quantitative estimate of drug-likeness (QED) is 0.780. The molecule has 1 aromatic heterocycles. The van der Waals surface area contributed by atoms with Gasteiger partial charge in [-0.25, -0.2) is 4.79 Å². The van der Waals surface area contributed by atoms with Gasteiger partial charge in [0.2, 0.25) is 0 Å².